The van der Waals surface area contributed by atoms with Crippen molar-refractivity contribution in [3.63, 3.8) is 0 Å². The van der Waals surface area contributed by atoms with Crippen LogP contribution in [0.3, 0.4) is 0 Å². The van der Waals surface area contributed by atoms with E-state index in [4.69, 9.17) is 15.6 Å². The average molecular weight is 846 g/mol. The number of likely N-dealkylation sites (N-methyl/N-ethyl adjacent to an activating group) is 1. The number of nitrogens with zero attached hydrogens (tertiary/aromatic N) is 2. The number of carbonyl (C=O) groups excluding carboxylic acids is 2. The topological polar surface area (TPSA) is 242 Å². The first-order chi connectivity index (χ1) is 27.2. The number of nitrogens with one attached hydrogen (secondary N) is 4. The number of hydrogen-bond acceptors (Lipinski definition) is 11. The zero-order chi connectivity index (χ0) is 41.4. The zero-order valence-corrected chi connectivity index (χ0v) is 34.6. The molecule has 58 heavy (non-hydrogen) atoms. The lowest BCUT2D eigenvalue weighted by molar-refractivity contribution is -0.141. The predicted octanol–water partition coefficient (Wildman–Crippen LogP) is 4.52. The molecule has 1 saturated heterocycles. The third-order valence-electron chi connectivity index (χ3n) is 9.65. The van der Waals surface area contributed by atoms with E-state index in [1.165, 1.54) is 30.6 Å². The number of sulfonamides is 1. The molecule has 2 aromatic carbocycles. The molecular weight excluding hydrogens is 790 g/mol. The molecule has 3 aromatic rings. The van der Waals surface area contributed by atoms with Gasteiger partial charge in [0.2, 0.25) is 15.9 Å². The Morgan fingerprint density at radius 2 is 1.76 bits per heavy atom. The number of fused-ring (bicyclic) bond motifs is 1. The minimum absolute atomic E-state index is 0. The summed E-state index contributed by atoms with van der Waals surface area (Å²) in [4.78, 5) is 52.8. The van der Waals surface area contributed by atoms with Crippen molar-refractivity contribution < 1.29 is 42.5 Å². The SMILES string of the molecule is CCCCS(=O)(=O)N[C@@H](Cc1ccc(OCCCCC2CCNCC2)cc1)C(=O)O.CN1Cc2cc(C(=O)Nc3cccc(N)n3)ccc2NC(CC(=O)O)C1=O.Cl. The van der Waals surface area contributed by atoms with Crippen LogP contribution in [0.25, 0.3) is 0 Å². The number of carbonyl (C=O) groups is 4. The molecule has 8 N–H and O–H groups in total. The fraction of sp³-hybridized carbons (Fsp3) is 0.475. The van der Waals surface area contributed by atoms with Gasteiger partial charge >= 0.3 is 11.9 Å². The Bertz CT molecular complexity index is 1930. The molecule has 16 nitrogen and oxygen atoms in total. The van der Waals surface area contributed by atoms with E-state index in [1.807, 2.05) is 19.1 Å². The number of carboxylic acids is 2. The number of aliphatic carboxylic acids is 2. The zero-order valence-electron chi connectivity index (χ0n) is 32.9. The van der Waals surface area contributed by atoms with E-state index in [0.29, 0.717) is 41.5 Å². The summed E-state index contributed by atoms with van der Waals surface area (Å²) in [5.41, 5.74) is 8.08. The number of nitrogen functional groups attached to an aromatic ring is 1. The Balaban J connectivity index is 0.000000306. The molecule has 5 rings (SSSR count). The van der Waals surface area contributed by atoms with E-state index < -0.39 is 34.0 Å². The largest absolute Gasteiger partial charge is 0.494 e. The number of benzene rings is 2. The lowest BCUT2D eigenvalue weighted by atomic mass is 9.93. The van der Waals surface area contributed by atoms with Gasteiger partial charge in [0.15, 0.2) is 0 Å². The third kappa shape index (κ3) is 15.8. The van der Waals surface area contributed by atoms with Crippen LogP contribution in [-0.2, 0) is 37.4 Å². The Morgan fingerprint density at radius 3 is 2.41 bits per heavy atom. The number of unbranched alkanes of at least 4 members (excludes halogenated alkanes) is 2. The summed E-state index contributed by atoms with van der Waals surface area (Å²) in [5.74, 6) is -0.765. The summed E-state index contributed by atoms with van der Waals surface area (Å²) < 4.78 is 32.1. The molecule has 0 radical (unpaired) electrons. The number of halogens is 1. The van der Waals surface area contributed by atoms with Gasteiger partial charge in [-0.2, -0.15) is 0 Å². The van der Waals surface area contributed by atoms with Crippen LogP contribution in [-0.4, -0.2) is 96.8 Å². The fourth-order valence-electron chi connectivity index (χ4n) is 6.52. The highest BCUT2D eigenvalue weighted by molar-refractivity contribution is 7.89. The van der Waals surface area contributed by atoms with Gasteiger partial charge in [-0.15, -0.1) is 12.4 Å². The van der Waals surface area contributed by atoms with Crippen molar-refractivity contribution in [1.29, 1.82) is 0 Å². The van der Waals surface area contributed by atoms with E-state index in [0.717, 1.165) is 43.2 Å². The van der Waals surface area contributed by atoms with Crippen molar-refractivity contribution >= 4 is 63.5 Å². The van der Waals surface area contributed by atoms with Crippen LogP contribution >= 0.6 is 12.4 Å². The number of ether oxygens (including phenoxy) is 1. The molecule has 1 unspecified atom stereocenters. The van der Waals surface area contributed by atoms with Crippen LogP contribution in [0.1, 0.15) is 79.8 Å². The van der Waals surface area contributed by atoms with Gasteiger partial charge in [-0.05, 0) is 111 Å². The first-order valence-electron chi connectivity index (χ1n) is 19.3. The molecule has 0 bridgehead atoms. The smallest absolute Gasteiger partial charge is 0.322 e. The van der Waals surface area contributed by atoms with Gasteiger partial charge in [0.05, 0.1) is 18.8 Å². The van der Waals surface area contributed by atoms with Gasteiger partial charge in [0.25, 0.3) is 5.91 Å². The quantitative estimate of drug-likeness (QED) is 0.0873. The van der Waals surface area contributed by atoms with Crippen LogP contribution < -0.4 is 31.1 Å². The molecule has 1 aromatic heterocycles. The lowest BCUT2D eigenvalue weighted by Crippen LogP contribution is -2.43. The molecule has 318 valence electrons. The number of rotatable bonds is 18. The van der Waals surface area contributed by atoms with Gasteiger partial charge in [0.1, 0.15) is 29.5 Å². The Morgan fingerprint density at radius 1 is 1.03 bits per heavy atom. The third-order valence-corrected chi connectivity index (χ3v) is 11.1. The number of hydrogen-bond donors (Lipinski definition) is 7. The summed E-state index contributed by atoms with van der Waals surface area (Å²) >= 11 is 0. The van der Waals surface area contributed by atoms with Gasteiger partial charge in [-0.1, -0.05) is 38.0 Å². The molecule has 2 aliphatic rings. The standard InChI is InChI=1S/C22H36N2O5S.C18H19N5O4.ClH/c1-2-3-16-30(27,28)24-21(22(25)26)17-19-7-9-20(10-8-19)29-15-5-4-6-18-11-13-23-14-12-18;1-23-9-11-7-10(17(26)22-15-4-2-3-14(19)21-15)5-6-12(11)20-13(18(23)27)8-16(24)25;/h7-10,18,21,23-24H,2-6,11-17H2,1H3,(H,25,26);2-7,13,20H,8-9H2,1H3,(H,24,25)(H3,19,21,22,26);1H/t21-;;/m0../s1. The Hall–Kier alpha value is -4.97. The minimum Gasteiger partial charge on any atom is -0.494 e. The van der Waals surface area contributed by atoms with Crippen LogP contribution in [0.4, 0.5) is 17.3 Å². The van der Waals surface area contributed by atoms with Crippen LogP contribution in [0.2, 0.25) is 0 Å². The maximum atomic E-state index is 12.5. The molecule has 2 atom stereocenters. The first-order valence-corrected chi connectivity index (χ1v) is 20.9. The monoisotopic (exact) mass is 845 g/mol. The second kappa shape index (κ2) is 23.4. The summed E-state index contributed by atoms with van der Waals surface area (Å²) in [7, 11) is -2.01. The minimum atomic E-state index is -3.60. The highest BCUT2D eigenvalue weighted by Gasteiger charge is 2.29. The first kappa shape index (κ1) is 47.4. The molecule has 18 heteroatoms. The van der Waals surface area contributed by atoms with Crippen molar-refractivity contribution in [1.82, 2.24) is 19.9 Å². The van der Waals surface area contributed by atoms with Gasteiger partial charge in [-0.3, -0.25) is 19.2 Å². The number of amides is 2. The van der Waals surface area contributed by atoms with Crippen molar-refractivity contribution in [2.24, 2.45) is 5.92 Å². The number of anilines is 3. The highest BCUT2D eigenvalue weighted by Crippen LogP contribution is 2.25. The number of nitrogens with two attached hydrogens (primary N) is 1. The van der Waals surface area contributed by atoms with Crippen LogP contribution in [0.15, 0.2) is 60.7 Å². The molecule has 2 amide bonds. The van der Waals surface area contributed by atoms with Crippen LogP contribution in [0.5, 0.6) is 5.75 Å². The molecule has 0 spiro atoms. The Kier molecular flexibility index (Phi) is 19.2. The van der Waals surface area contributed by atoms with Gasteiger partial charge < -0.3 is 41.5 Å². The Labute approximate surface area is 346 Å². The molecule has 3 heterocycles. The molecule has 0 saturated carbocycles. The van der Waals surface area contributed by atoms with Crippen molar-refractivity contribution in [3.05, 3.63) is 77.4 Å². The van der Waals surface area contributed by atoms with E-state index in [1.54, 1.807) is 55.6 Å². The van der Waals surface area contributed by atoms with Crippen LogP contribution in [0, 0.1) is 5.92 Å². The van der Waals surface area contributed by atoms with Gasteiger partial charge in [-0.25, -0.2) is 18.1 Å². The van der Waals surface area contributed by atoms with Crippen molar-refractivity contribution in [3.8, 4) is 5.75 Å². The lowest BCUT2D eigenvalue weighted by Gasteiger charge is -2.22. The number of piperidine rings is 1. The second-order valence-electron chi connectivity index (χ2n) is 14.3. The second-order valence-corrected chi connectivity index (χ2v) is 16.2. The van der Waals surface area contributed by atoms with E-state index in [-0.39, 0.29) is 49.4 Å². The highest BCUT2D eigenvalue weighted by atomic mass is 35.5. The average Bonchev–Trinajstić information content (AvgIpc) is 3.28. The molecule has 1 fully saturated rings. The maximum Gasteiger partial charge on any atom is 0.322 e. The maximum absolute atomic E-state index is 12.5. The van der Waals surface area contributed by atoms with Gasteiger partial charge in [0, 0.05) is 24.8 Å². The number of carboxylic acid groups (broad SMARTS) is 2. The normalized spacial score (nSPS) is 15.9. The van der Waals surface area contributed by atoms with E-state index in [2.05, 4.69) is 25.7 Å². The van der Waals surface area contributed by atoms with Crippen molar-refractivity contribution in [2.45, 2.75) is 83.3 Å². The number of aromatic nitrogens is 1. The van der Waals surface area contributed by atoms with E-state index in [9.17, 15) is 32.7 Å². The van der Waals surface area contributed by atoms with Crippen molar-refractivity contribution in [2.75, 3.05) is 48.9 Å². The number of pyridine rings is 1. The fourth-order valence-corrected chi connectivity index (χ4v) is 7.92. The molecule has 2 aliphatic heterocycles. The van der Waals surface area contributed by atoms with E-state index >= 15 is 0 Å². The summed E-state index contributed by atoms with van der Waals surface area (Å²) in [5, 5.41) is 27.4. The predicted molar refractivity (Wildman–Crippen MR) is 225 cm³/mol. The molecule has 0 aliphatic carbocycles. The summed E-state index contributed by atoms with van der Waals surface area (Å²) in [6.07, 6.45) is 7.00. The summed E-state index contributed by atoms with van der Waals surface area (Å²) in [6.45, 7) is 5.09. The molecular formula is C40H56ClN7O9S. The summed E-state index contributed by atoms with van der Waals surface area (Å²) in [6, 6.07) is 15.0.